The first-order valence-electron chi connectivity index (χ1n) is 5.74. The van der Waals surface area contributed by atoms with Crippen LogP contribution in [0.1, 0.15) is 24.1 Å². The Labute approximate surface area is 111 Å². The van der Waals surface area contributed by atoms with E-state index in [1.165, 1.54) is 0 Å². The number of hydrogen-bond donors (Lipinski definition) is 1. The summed E-state index contributed by atoms with van der Waals surface area (Å²) in [6.45, 7) is 2.47. The highest BCUT2D eigenvalue weighted by Crippen LogP contribution is 2.19. The van der Waals surface area contributed by atoms with Gasteiger partial charge in [-0.25, -0.2) is 4.39 Å². The van der Waals surface area contributed by atoms with Gasteiger partial charge in [0.25, 0.3) is 0 Å². The van der Waals surface area contributed by atoms with Crippen molar-refractivity contribution >= 4 is 11.6 Å². The average Bonchev–Trinajstić information content (AvgIpc) is 2.41. The Morgan fingerprint density at radius 2 is 2.00 bits per heavy atom. The normalized spacial score (nSPS) is 12.4. The Kier molecular flexibility index (Phi) is 4.28. The molecule has 0 radical (unpaired) electrons. The van der Waals surface area contributed by atoms with E-state index >= 15 is 0 Å². The van der Waals surface area contributed by atoms with Gasteiger partial charge >= 0.3 is 0 Å². The van der Waals surface area contributed by atoms with Gasteiger partial charge < -0.3 is 5.32 Å². The topological polar surface area (TPSA) is 24.9 Å². The summed E-state index contributed by atoms with van der Waals surface area (Å²) >= 11 is 5.74. The van der Waals surface area contributed by atoms with Crippen molar-refractivity contribution in [3.05, 3.63) is 64.7 Å². The van der Waals surface area contributed by atoms with E-state index in [1.807, 2.05) is 19.1 Å². The first-order valence-corrected chi connectivity index (χ1v) is 6.12. The van der Waals surface area contributed by atoms with Crippen LogP contribution >= 0.6 is 11.6 Å². The van der Waals surface area contributed by atoms with Crippen molar-refractivity contribution in [3.8, 4) is 0 Å². The molecule has 1 heterocycles. The zero-order chi connectivity index (χ0) is 13.0. The van der Waals surface area contributed by atoms with E-state index < -0.39 is 0 Å². The number of rotatable bonds is 4. The molecule has 1 unspecified atom stereocenters. The predicted molar refractivity (Wildman–Crippen MR) is 70.9 cm³/mol. The molecule has 1 aromatic carbocycles. The van der Waals surface area contributed by atoms with Crippen molar-refractivity contribution in [1.82, 2.24) is 10.3 Å². The first kappa shape index (κ1) is 13.0. The van der Waals surface area contributed by atoms with Crippen LogP contribution in [0.15, 0.2) is 42.7 Å². The van der Waals surface area contributed by atoms with E-state index in [1.54, 1.807) is 30.6 Å². The zero-order valence-electron chi connectivity index (χ0n) is 10.0. The van der Waals surface area contributed by atoms with E-state index in [-0.39, 0.29) is 16.9 Å². The molecular formula is C14H14ClFN2. The molecule has 0 amide bonds. The van der Waals surface area contributed by atoms with Crippen molar-refractivity contribution in [2.75, 3.05) is 0 Å². The second-order valence-electron chi connectivity index (χ2n) is 4.10. The van der Waals surface area contributed by atoms with Crippen molar-refractivity contribution in [2.24, 2.45) is 0 Å². The molecule has 2 nitrogen and oxygen atoms in total. The summed E-state index contributed by atoms with van der Waals surface area (Å²) < 4.78 is 13.7. The first-order chi connectivity index (χ1) is 8.68. The van der Waals surface area contributed by atoms with Gasteiger partial charge in [0.05, 0.1) is 5.02 Å². The van der Waals surface area contributed by atoms with Crippen LogP contribution in [0.4, 0.5) is 4.39 Å². The van der Waals surface area contributed by atoms with Gasteiger partial charge in [0, 0.05) is 30.5 Å². The van der Waals surface area contributed by atoms with Crippen LogP contribution < -0.4 is 5.32 Å². The van der Waals surface area contributed by atoms with Gasteiger partial charge in [0.2, 0.25) is 0 Å². The molecular weight excluding hydrogens is 251 g/mol. The fraction of sp³-hybridized carbons (Fsp3) is 0.214. The Morgan fingerprint density at radius 3 is 2.72 bits per heavy atom. The largest absolute Gasteiger partial charge is 0.306 e. The Hall–Kier alpha value is -1.45. The number of aromatic nitrogens is 1. The lowest BCUT2D eigenvalue weighted by molar-refractivity contribution is 0.544. The highest BCUT2D eigenvalue weighted by molar-refractivity contribution is 6.30. The Morgan fingerprint density at radius 1 is 1.28 bits per heavy atom. The lowest BCUT2D eigenvalue weighted by atomic mass is 10.1. The maximum Gasteiger partial charge on any atom is 0.146 e. The van der Waals surface area contributed by atoms with Crippen LogP contribution in [0.25, 0.3) is 0 Å². The molecule has 94 valence electrons. The third kappa shape index (κ3) is 3.06. The summed E-state index contributed by atoms with van der Waals surface area (Å²) in [7, 11) is 0. The monoisotopic (exact) mass is 264 g/mol. The quantitative estimate of drug-likeness (QED) is 0.910. The molecule has 1 aromatic heterocycles. The molecule has 4 heteroatoms. The SMILES string of the molecule is CC(NCc1cccc(Cl)c1F)c1ccncc1. The molecule has 0 aliphatic carbocycles. The summed E-state index contributed by atoms with van der Waals surface area (Å²) in [5.41, 5.74) is 1.69. The lowest BCUT2D eigenvalue weighted by Crippen LogP contribution is -2.18. The molecule has 0 bridgehead atoms. The van der Waals surface area contributed by atoms with E-state index in [4.69, 9.17) is 11.6 Å². The number of halogens is 2. The van der Waals surface area contributed by atoms with Crippen molar-refractivity contribution < 1.29 is 4.39 Å². The maximum absolute atomic E-state index is 13.7. The van der Waals surface area contributed by atoms with Crippen LogP contribution in [-0.4, -0.2) is 4.98 Å². The molecule has 1 N–H and O–H groups in total. The smallest absolute Gasteiger partial charge is 0.146 e. The summed E-state index contributed by atoms with van der Waals surface area (Å²) in [6.07, 6.45) is 3.49. The number of nitrogens with zero attached hydrogens (tertiary/aromatic N) is 1. The third-order valence-corrected chi connectivity index (χ3v) is 3.13. The molecule has 2 aromatic rings. The summed E-state index contributed by atoms with van der Waals surface area (Å²) in [6, 6.07) is 9.03. The highest BCUT2D eigenvalue weighted by Gasteiger charge is 2.08. The van der Waals surface area contributed by atoms with Gasteiger partial charge in [-0.2, -0.15) is 0 Å². The lowest BCUT2D eigenvalue weighted by Gasteiger charge is -2.14. The molecule has 0 spiro atoms. The van der Waals surface area contributed by atoms with E-state index in [0.29, 0.717) is 12.1 Å². The van der Waals surface area contributed by atoms with Crippen molar-refractivity contribution in [2.45, 2.75) is 19.5 Å². The van der Waals surface area contributed by atoms with Crippen molar-refractivity contribution in [3.63, 3.8) is 0 Å². The number of pyridine rings is 1. The van der Waals surface area contributed by atoms with E-state index in [0.717, 1.165) is 5.56 Å². The molecule has 2 rings (SSSR count). The fourth-order valence-electron chi connectivity index (χ4n) is 1.72. The zero-order valence-corrected chi connectivity index (χ0v) is 10.8. The summed E-state index contributed by atoms with van der Waals surface area (Å²) in [5, 5.41) is 3.42. The van der Waals surface area contributed by atoms with Crippen LogP contribution in [0.2, 0.25) is 5.02 Å². The fourth-order valence-corrected chi connectivity index (χ4v) is 1.91. The van der Waals surface area contributed by atoms with E-state index in [9.17, 15) is 4.39 Å². The maximum atomic E-state index is 13.7. The average molecular weight is 265 g/mol. The minimum Gasteiger partial charge on any atom is -0.306 e. The Balaban J connectivity index is 2.02. The molecule has 1 atom stereocenters. The third-order valence-electron chi connectivity index (χ3n) is 2.84. The van der Waals surface area contributed by atoms with Gasteiger partial charge in [0.15, 0.2) is 0 Å². The highest BCUT2D eigenvalue weighted by atomic mass is 35.5. The second kappa shape index (κ2) is 5.94. The second-order valence-corrected chi connectivity index (χ2v) is 4.50. The Bertz CT molecular complexity index is 516. The number of nitrogens with one attached hydrogen (secondary N) is 1. The van der Waals surface area contributed by atoms with Crippen LogP contribution in [0, 0.1) is 5.82 Å². The van der Waals surface area contributed by atoms with Gasteiger partial charge in [-0.3, -0.25) is 4.98 Å². The predicted octanol–water partition coefficient (Wildman–Crippen LogP) is 3.72. The molecule has 0 saturated carbocycles. The van der Waals surface area contributed by atoms with Crippen molar-refractivity contribution in [1.29, 1.82) is 0 Å². The minimum atomic E-state index is -0.353. The number of hydrogen-bond acceptors (Lipinski definition) is 2. The molecule has 0 fully saturated rings. The van der Waals surface area contributed by atoms with E-state index in [2.05, 4.69) is 10.3 Å². The summed E-state index contributed by atoms with van der Waals surface area (Å²) in [4.78, 5) is 3.97. The minimum absolute atomic E-state index is 0.131. The molecule has 0 aliphatic heterocycles. The van der Waals surface area contributed by atoms with Gasteiger partial charge in [-0.05, 0) is 30.7 Å². The van der Waals surface area contributed by atoms with Crippen LogP contribution in [-0.2, 0) is 6.54 Å². The standard InChI is InChI=1S/C14H14ClFN2/c1-10(11-5-7-17-8-6-11)18-9-12-3-2-4-13(15)14(12)16/h2-8,10,18H,9H2,1H3. The molecule has 18 heavy (non-hydrogen) atoms. The molecule has 0 aliphatic rings. The van der Waals surface area contributed by atoms with Crippen LogP contribution in [0.5, 0.6) is 0 Å². The van der Waals surface area contributed by atoms with Gasteiger partial charge in [-0.1, -0.05) is 23.7 Å². The van der Waals surface area contributed by atoms with Gasteiger partial charge in [-0.15, -0.1) is 0 Å². The molecule has 0 saturated heterocycles. The number of benzene rings is 1. The van der Waals surface area contributed by atoms with Gasteiger partial charge in [0.1, 0.15) is 5.82 Å². The van der Waals surface area contributed by atoms with Crippen LogP contribution in [0.3, 0.4) is 0 Å². The summed E-state index contributed by atoms with van der Waals surface area (Å²) in [5.74, 6) is -0.353.